The van der Waals surface area contributed by atoms with Gasteiger partial charge in [0.25, 0.3) is 0 Å². The van der Waals surface area contributed by atoms with Crippen LogP contribution in [0.5, 0.6) is 0 Å². The first-order valence-corrected chi connectivity index (χ1v) is 9.81. The number of thiazole rings is 1. The minimum Gasteiger partial charge on any atom is -0.328 e. The minimum absolute atomic E-state index is 0.854. The van der Waals surface area contributed by atoms with Gasteiger partial charge in [0.2, 0.25) is 0 Å². The van der Waals surface area contributed by atoms with Crippen molar-refractivity contribution >= 4 is 33.1 Å². The quantitative estimate of drug-likeness (QED) is 0.879. The zero-order chi connectivity index (χ0) is 17.5. The van der Waals surface area contributed by atoms with Crippen LogP contribution in [0.3, 0.4) is 0 Å². The molecule has 0 saturated heterocycles. The average molecular weight is 360 g/mol. The summed E-state index contributed by atoms with van der Waals surface area (Å²) in [6, 6.07) is 6.43. The van der Waals surface area contributed by atoms with Crippen LogP contribution in [0, 0.1) is 6.92 Å². The van der Waals surface area contributed by atoms with Crippen molar-refractivity contribution in [3.63, 3.8) is 0 Å². The van der Waals surface area contributed by atoms with Gasteiger partial charge in [-0.3, -0.25) is 0 Å². The van der Waals surface area contributed by atoms with Crippen LogP contribution >= 0.6 is 11.3 Å². The van der Waals surface area contributed by atoms with Gasteiger partial charge in [-0.2, -0.15) is 0 Å². The van der Waals surface area contributed by atoms with Crippen molar-refractivity contribution in [3.05, 3.63) is 70.4 Å². The van der Waals surface area contributed by atoms with Gasteiger partial charge < -0.3 is 10.2 Å². The standard InChI is InChI=1S/C21H20N4S/c1-14-23-19-4-2-16(12-20(19)26-14)18-8-11-25-13-17(3-5-21(25)24-18)15-6-9-22-10-7-15/h2-6,8,12-13,22H,7,9-11H2,1H3. The van der Waals surface area contributed by atoms with Gasteiger partial charge >= 0.3 is 0 Å². The fourth-order valence-electron chi connectivity index (χ4n) is 3.59. The number of aromatic nitrogens is 1. The fourth-order valence-corrected chi connectivity index (χ4v) is 4.46. The van der Waals surface area contributed by atoms with Crippen molar-refractivity contribution < 1.29 is 0 Å². The van der Waals surface area contributed by atoms with Gasteiger partial charge in [0, 0.05) is 24.9 Å². The van der Waals surface area contributed by atoms with E-state index in [9.17, 15) is 0 Å². The number of benzene rings is 1. The predicted molar refractivity (Wildman–Crippen MR) is 109 cm³/mol. The first-order valence-electron chi connectivity index (χ1n) is 8.99. The summed E-state index contributed by atoms with van der Waals surface area (Å²) in [5, 5.41) is 4.47. The number of fused-ring (bicyclic) bond motifs is 2. The Labute approximate surface area is 157 Å². The lowest BCUT2D eigenvalue weighted by molar-refractivity contribution is 0.609. The zero-order valence-electron chi connectivity index (χ0n) is 14.7. The summed E-state index contributed by atoms with van der Waals surface area (Å²) < 4.78 is 1.22. The molecule has 0 unspecified atom stereocenters. The van der Waals surface area contributed by atoms with Crippen molar-refractivity contribution in [3.8, 4) is 0 Å². The molecule has 2 aromatic rings. The Morgan fingerprint density at radius 2 is 2.15 bits per heavy atom. The van der Waals surface area contributed by atoms with Crippen molar-refractivity contribution in [2.45, 2.75) is 13.3 Å². The number of hydrogen-bond acceptors (Lipinski definition) is 5. The Morgan fingerprint density at radius 1 is 1.19 bits per heavy atom. The van der Waals surface area contributed by atoms with Crippen molar-refractivity contribution in [2.24, 2.45) is 4.99 Å². The largest absolute Gasteiger partial charge is 0.328 e. The molecule has 3 aliphatic heterocycles. The molecule has 0 aliphatic carbocycles. The Morgan fingerprint density at radius 3 is 3.04 bits per heavy atom. The van der Waals surface area contributed by atoms with E-state index < -0.39 is 0 Å². The van der Waals surface area contributed by atoms with E-state index in [1.165, 1.54) is 15.8 Å². The summed E-state index contributed by atoms with van der Waals surface area (Å²) in [5.41, 5.74) is 6.02. The van der Waals surface area contributed by atoms with E-state index in [4.69, 9.17) is 4.99 Å². The van der Waals surface area contributed by atoms with Crippen LogP contribution in [-0.2, 0) is 0 Å². The molecule has 4 nitrogen and oxygen atoms in total. The monoisotopic (exact) mass is 360 g/mol. The molecule has 0 amide bonds. The van der Waals surface area contributed by atoms with Gasteiger partial charge in [0.05, 0.1) is 20.9 Å². The van der Waals surface area contributed by atoms with Gasteiger partial charge in [-0.25, -0.2) is 9.98 Å². The van der Waals surface area contributed by atoms with E-state index in [1.54, 1.807) is 11.3 Å². The van der Waals surface area contributed by atoms with Crippen LogP contribution in [0.2, 0.25) is 0 Å². The third-order valence-electron chi connectivity index (χ3n) is 4.94. The first kappa shape index (κ1) is 15.7. The normalized spacial score (nSPS) is 19.7. The van der Waals surface area contributed by atoms with Gasteiger partial charge in [0.1, 0.15) is 5.84 Å². The van der Waals surface area contributed by atoms with Gasteiger partial charge in [0.15, 0.2) is 0 Å². The molecule has 0 fully saturated rings. The number of nitrogens with zero attached hydrogens (tertiary/aromatic N) is 3. The first-order chi connectivity index (χ1) is 12.8. The summed E-state index contributed by atoms with van der Waals surface area (Å²) in [5.74, 6) is 1.02. The van der Waals surface area contributed by atoms with Gasteiger partial charge in [-0.15, -0.1) is 11.3 Å². The lowest BCUT2D eigenvalue weighted by Gasteiger charge is -2.28. The van der Waals surface area contributed by atoms with E-state index in [1.807, 2.05) is 0 Å². The molecular formula is C21H20N4S. The Kier molecular flexibility index (Phi) is 3.84. The van der Waals surface area contributed by atoms with Crippen LogP contribution in [0.4, 0.5) is 0 Å². The number of aryl methyl sites for hydroxylation is 1. The number of hydrogen-bond donors (Lipinski definition) is 1. The smallest absolute Gasteiger partial charge is 0.133 e. The second-order valence-electron chi connectivity index (χ2n) is 6.73. The predicted octanol–water partition coefficient (Wildman–Crippen LogP) is 4.03. The molecule has 5 heteroatoms. The summed E-state index contributed by atoms with van der Waals surface area (Å²) in [6.45, 7) is 4.93. The van der Waals surface area contributed by atoms with Gasteiger partial charge in [-0.05, 0) is 61.4 Å². The highest BCUT2D eigenvalue weighted by molar-refractivity contribution is 7.18. The van der Waals surface area contributed by atoms with Crippen LogP contribution < -0.4 is 5.32 Å². The molecule has 1 aromatic carbocycles. The fraction of sp³-hybridized carbons (Fsp3) is 0.238. The molecule has 0 radical (unpaired) electrons. The highest BCUT2D eigenvalue weighted by Crippen LogP contribution is 2.29. The number of allylic oxidation sites excluding steroid dienone is 2. The third kappa shape index (κ3) is 2.83. The van der Waals surface area contributed by atoms with Crippen molar-refractivity contribution in [2.75, 3.05) is 19.6 Å². The van der Waals surface area contributed by atoms with E-state index in [-0.39, 0.29) is 0 Å². The lowest BCUT2D eigenvalue weighted by Crippen LogP contribution is -2.30. The Bertz CT molecular complexity index is 1040. The van der Waals surface area contributed by atoms with Crippen molar-refractivity contribution in [1.29, 1.82) is 0 Å². The number of nitrogens with one attached hydrogen (secondary N) is 1. The van der Waals surface area contributed by atoms with E-state index in [0.29, 0.717) is 0 Å². The molecule has 5 rings (SSSR count). The molecule has 0 spiro atoms. The maximum absolute atomic E-state index is 4.89. The maximum atomic E-state index is 4.89. The molecule has 26 heavy (non-hydrogen) atoms. The molecular weight excluding hydrogens is 340 g/mol. The number of aliphatic imine (C=N–C) groups is 1. The van der Waals surface area contributed by atoms with Gasteiger partial charge in [-0.1, -0.05) is 12.1 Å². The van der Waals surface area contributed by atoms with E-state index >= 15 is 0 Å². The molecule has 130 valence electrons. The maximum Gasteiger partial charge on any atom is 0.133 e. The third-order valence-corrected chi connectivity index (χ3v) is 5.88. The van der Waals surface area contributed by atoms with Crippen LogP contribution in [0.1, 0.15) is 17.0 Å². The molecule has 1 aromatic heterocycles. The van der Waals surface area contributed by atoms with Crippen molar-refractivity contribution in [1.82, 2.24) is 15.2 Å². The summed E-state index contributed by atoms with van der Waals surface area (Å²) in [4.78, 5) is 11.7. The lowest BCUT2D eigenvalue weighted by atomic mass is 9.98. The van der Waals surface area contributed by atoms with E-state index in [2.05, 4.69) is 70.8 Å². The molecule has 0 bridgehead atoms. The number of amidine groups is 1. The molecule has 0 atom stereocenters. The zero-order valence-corrected chi connectivity index (χ0v) is 15.5. The second-order valence-corrected chi connectivity index (χ2v) is 7.96. The number of rotatable bonds is 2. The van der Waals surface area contributed by atoms with E-state index in [0.717, 1.165) is 53.7 Å². The molecule has 0 saturated carbocycles. The summed E-state index contributed by atoms with van der Waals surface area (Å²) in [6.07, 6.45) is 12.2. The summed E-state index contributed by atoms with van der Waals surface area (Å²) in [7, 11) is 0. The second kappa shape index (κ2) is 6.34. The molecule has 4 heterocycles. The Hall–Kier alpha value is -2.50. The summed E-state index contributed by atoms with van der Waals surface area (Å²) >= 11 is 1.74. The topological polar surface area (TPSA) is 40.5 Å². The average Bonchev–Trinajstić information content (AvgIpc) is 3.07. The van der Waals surface area contributed by atoms with Crippen LogP contribution in [-0.4, -0.2) is 35.4 Å². The Balaban J connectivity index is 1.42. The minimum atomic E-state index is 0.854. The van der Waals surface area contributed by atoms with Crippen LogP contribution in [0.25, 0.3) is 15.9 Å². The molecule has 3 aliphatic rings. The van der Waals surface area contributed by atoms with Crippen LogP contribution in [0.15, 0.2) is 64.8 Å². The highest BCUT2D eigenvalue weighted by Gasteiger charge is 2.19. The SMILES string of the molecule is Cc1nc2ccc(C3=CCN4C=C(C5=CCNCC5)C=CC4=N3)cc2s1. The molecule has 1 N–H and O–H groups in total. The highest BCUT2D eigenvalue weighted by atomic mass is 32.1.